The minimum absolute atomic E-state index is 0.128. The molecule has 0 atom stereocenters. The van der Waals surface area contributed by atoms with E-state index in [1.807, 2.05) is 0 Å². The molecule has 2 heterocycles. The van der Waals surface area contributed by atoms with Gasteiger partial charge in [0.15, 0.2) is 0 Å². The van der Waals surface area contributed by atoms with Gasteiger partial charge in [-0.25, -0.2) is 13.4 Å². The molecule has 19 heavy (non-hydrogen) atoms. The third-order valence-electron chi connectivity index (χ3n) is 3.06. The number of hydrazine groups is 1. The summed E-state index contributed by atoms with van der Waals surface area (Å²) in [6.45, 7) is 5.52. The van der Waals surface area contributed by atoms with Gasteiger partial charge >= 0.3 is 0 Å². The van der Waals surface area contributed by atoms with Gasteiger partial charge in [-0.15, -0.1) is 4.83 Å². The summed E-state index contributed by atoms with van der Waals surface area (Å²) < 4.78 is 35.4. The van der Waals surface area contributed by atoms with E-state index < -0.39 is 10.0 Å². The smallest absolute Gasteiger partial charge is 0.257 e. The highest BCUT2D eigenvalue weighted by atomic mass is 32.2. The van der Waals surface area contributed by atoms with Gasteiger partial charge < -0.3 is 14.9 Å². The third-order valence-corrected chi connectivity index (χ3v) is 4.63. The molecule has 8 heteroatoms. The number of ether oxygens (including phenoxy) is 1. The zero-order chi connectivity index (χ0) is 14.0. The van der Waals surface area contributed by atoms with Crippen LogP contribution in [0.25, 0.3) is 0 Å². The summed E-state index contributed by atoms with van der Waals surface area (Å²) >= 11 is 0. The summed E-state index contributed by atoms with van der Waals surface area (Å²) in [5.41, 5.74) is 6.13. The van der Waals surface area contributed by atoms with Crippen LogP contribution in [0.3, 0.4) is 0 Å². The molecule has 0 amide bonds. The van der Waals surface area contributed by atoms with Gasteiger partial charge in [-0.05, 0) is 13.8 Å². The Morgan fingerprint density at radius 2 is 1.89 bits per heavy atom. The zero-order valence-electron chi connectivity index (χ0n) is 11.1. The van der Waals surface area contributed by atoms with Crippen molar-refractivity contribution in [3.8, 4) is 0 Å². The summed E-state index contributed by atoms with van der Waals surface area (Å²) in [6.07, 6.45) is 0. The van der Waals surface area contributed by atoms with E-state index in [0.717, 1.165) is 0 Å². The standard InChI is InChI=1S/C11H19N3O4S/c1-8-10(7-12)11(9(2)18-8)19(15,16)13-14-3-5-17-6-4-14/h13H,3-7,12H2,1-2H3. The number of morpholine rings is 1. The quantitative estimate of drug-likeness (QED) is 0.802. The lowest BCUT2D eigenvalue weighted by molar-refractivity contribution is 0.0272. The average Bonchev–Trinajstić information content (AvgIpc) is 2.64. The molecule has 1 aromatic rings. The average molecular weight is 289 g/mol. The summed E-state index contributed by atoms with van der Waals surface area (Å²) in [6, 6.07) is 0. The van der Waals surface area contributed by atoms with Crippen LogP contribution in [0.5, 0.6) is 0 Å². The van der Waals surface area contributed by atoms with Crippen molar-refractivity contribution < 1.29 is 17.6 Å². The van der Waals surface area contributed by atoms with Crippen LogP contribution in [0.4, 0.5) is 0 Å². The molecule has 1 aliphatic rings. The predicted molar refractivity (Wildman–Crippen MR) is 68.8 cm³/mol. The fraction of sp³-hybridized carbons (Fsp3) is 0.636. The van der Waals surface area contributed by atoms with Crippen LogP contribution < -0.4 is 10.6 Å². The molecule has 0 radical (unpaired) electrons. The second-order valence-corrected chi connectivity index (χ2v) is 6.02. The molecule has 0 aliphatic carbocycles. The van der Waals surface area contributed by atoms with Crippen LogP contribution in [0, 0.1) is 13.8 Å². The summed E-state index contributed by atoms with van der Waals surface area (Å²) in [7, 11) is -3.67. The van der Waals surface area contributed by atoms with Crippen LogP contribution in [0.2, 0.25) is 0 Å². The number of nitrogens with one attached hydrogen (secondary N) is 1. The Hall–Kier alpha value is -0.930. The Balaban J connectivity index is 2.28. The van der Waals surface area contributed by atoms with E-state index in [9.17, 15) is 8.42 Å². The second kappa shape index (κ2) is 5.59. The SMILES string of the molecule is Cc1oc(C)c(S(=O)(=O)NN2CCOCC2)c1CN. The molecule has 1 fully saturated rings. The van der Waals surface area contributed by atoms with Crippen LogP contribution in [0.15, 0.2) is 9.31 Å². The number of nitrogens with zero attached hydrogens (tertiary/aromatic N) is 1. The molecule has 2 rings (SSSR count). The van der Waals surface area contributed by atoms with Crippen molar-refractivity contribution in [3.05, 3.63) is 17.1 Å². The molecular weight excluding hydrogens is 270 g/mol. The molecule has 7 nitrogen and oxygen atoms in total. The van der Waals surface area contributed by atoms with E-state index in [4.69, 9.17) is 14.9 Å². The molecular formula is C11H19N3O4S. The van der Waals surface area contributed by atoms with Crippen molar-refractivity contribution in [2.24, 2.45) is 5.73 Å². The molecule has 0 bridgehead atoms. The van der Waals surface area contributed by atoms with Crippen LogP contribution in [-0.2, 0) is 21.3 Å². The Morgan fingerprint density at radius 1 is 1.26 bits per heavy atom. The van der Waals surface area contributed by atoms with Crippen molar-refractivity contribution in [1.82, 2.24) is 9.84 Å². The number of sulfonamides is 1. The first kappa shape index (κ1) is 14.5. The highest BCUT2D eigenvalue weighted by Crippen LogP contribution is 2.26. The lowest BCUT2D eigenvalue weighted by Crippen LogP contribution is -2.48. The molecule has 0 saturated carbocycles. The molecule has 1 aromatic heterocycles. The number of hydrogen-bond acceptors (Lipinski definition) is 6. The lowest BCUT2D eigenvalue weighted by Gasteiger charge is -2.26. The molecule has 1 saturated heterocycles. The number of furan rings is 1. The summed E-state index contributed by atoms with van der Waals surface area (Å²) in [4.78, 5) is 2.70. The van der Waals surface area contributed by atoms with Crippen molar-refractivity contribution in [3.63, 3.8) is 0 Å². The Labute approximate surface area is 112 Å². The van der Waals surface area contributed by atoms with Gasteiger partial charge in [-0.3, -0.25) is 0 Å². The molecule has 1 aliphatic heterocycles. The van der Waals surface area contributed by atoms with Crippen LogP contribution >= 0.6 is 0 Å². The van der Waals surface area contributed by atoms with Crippen molar-refractivity contribution in [1.29, 1.82) is 0 Å². The highest BCUT2D eigenvalue weighted by Gasteiger charge is 2.28. The van der Waals surface area contributed by atoms with Gasteiger partial charge in [-0.1, -0.05) is 0 Å². The van der Waals surface area contributed by atoms with Gasteiger partial charge in [0.05, 0.1) is 13.2 Å². The van der Waals surface area contributed by atoms with Crippen molar-refractivity contribution in [2.45, 2.75) is 25.3 Å². The maximum Gasteiger partial charge on any atom is 0.257 e. The van der Waals surface area contributed by atoms with Gasteiger partial charge in [-0.2, -0.15) is 0 Å². The zero-order valence-corrected chi connectivity index (χ0v) is 11.9. The Morgan fingerprint density at radius 3 is 2.47 bits per heavy atom. The first-order valence-electron chi connectivity index (χ1n) is 6.10. The minimum Gasteiger partial charge on any atom is -0.465 e. The van der Waals surface area contributed by atoms with Gasteiger partial charge in [0.1, 0.15) is 16.4 Å². The molecule has 0 aromatic carbocycles. The summed E-state index contributed by atoms with van der Waals surface area (Å²) in [5.74, 6) is 0.904. The van der Waals surface area contributed by atoms with Crippen molar-refractivity contribution in [2.75, 3.05) is 26.3 Å². The van der Waals surface area contributed by atoms with Gasteiger partial charge in [0.2, 0.25) is 0 Å². The first-order chi connectivity index (χ1) is 8.95. The van der Waals surface area contributed by atoms with Crippen molar-refractivity contribution >= 4 is 10.0 Å². The first-order valence-corrected chi connectivity index (χ1v) is 7.58. The fourth-order valence-corrected chi connectivity index (χ4v) is 3.75. The van der Waals surface area contributed by atoms with Crippen LogP contribution in [-0.4, -0.2) is 39.7 Å². The minimum atomic E-state index is -3.67. The van der Waals surface area contributed by atoms with E-state index in [2.05, 4.69) is 4.83 Å². The normalized spacial score (nSPS) is 17.8. The van der Waals surface area contributed by atoms with E-state index >= 15 is 0 Å². The van der Waals surface area contributed by atoms with E-state index in [-0.39, 0.29) is 11.4 Å². The van der Waals surface area contributed by atoms with Gasteiger partial charge in [0, 0.05) is 25.2 Å². The topological polar surface area (TPSA) is 97.8 Å². The maximum atomic E-state index is 12.4. The monoisotopic (exact) mass is 289 g/mol. The molecule has 3 N–H and O–H groups in total. The number of aryl methyl sites for hydroxylation is 2. The maximum absolute atomic E-state index is 12.4. The van der Waals surface area contributed by atoms with E-state index in [1.165, 1.54) is 0 Å². The molecule has 0 unspecified atom stereocenters. The third kappa shape index (κ3) is 2.98. The Bertz CT molecular complexity index is 547. The molecule has 108 valence electrons. The van der Waals surface area contributed by atoms with E-state index in [0.29, 0.717) is 43.4 Å². The second-order valence-electron chi connectivity index (χ2n) is 4.42. The molecule has 0 spiro atoms. The fourth-order valence-electron chi connectivity index (χ4n) is 2.17. The number of rotatable bonds is 4. The largest absolute Gasteiger partial charge is 0.465 e. The highest BCUT2D eigenvalue weighted by molar-refractivity contribution is 7.89. The van der Waals surface area contributed by atoms with E-state index in [1.54, 1.807) is 18.9 Å². The van der Waals surface area contributed by atoms with Crippen LogP contribution in [0.1, 0.15) is 17.1 Å². The lowest BCUT2D eigenvalue weighted by atomic mass is 10.2. The van der Waals surface area contributed by atoms with Gasteiger partial charge in [0.25, 0.3) is 10.0 Å². The number of hydrogen-bond donors (Lipinski definition) is 2. The predicted octanol–water partition coefficient (Wildman–Crippen LogP) is -0.119. The number of nitrogens with two attached hydrogens (primary N) is 1. The summed E-state index contributed by atoms with van der Waals surface area (Å²) in [5, 5.41) is 1.63. The Kier molecular flexibility index (Phi) is 4.26.